The van der Waals surface area contributed by atoms with E-state index in [2.05, 4.69) is 5.32 Å². The number of rotatable bonds is 6. The summed E-state index contributed by atoms with van der Waals surface area (Å²) in [6.07, 6.45) is 1.68. The first-order chi connectivity index (χ1) is 17.8. The van der Waals surface area contributed by atoms with Crippen LogP contribution in [0.25, 0.3) is 17.0 Å². The van der Waals surface area contributed by atoms with E-state index in [9.17, 15) is 18.8 Å². The Morgan fingerprint density at radius 3 is 2.49 bits per heavy atom. The SMILES string of the molecule is Cc1c(/C=C2\SC(=O)N(CC(=O)Nc3ccc(Cl)cc3)C2=O)c2ccccc2n1Cc1ccccc1F. The van der Waals surface area contributed by atoms with Crippen LogP contribution in [0.3, 0.4) is 0 Å². The van der Waals surface area contributed by atoms with Crippen LogP contribution in [0.2, 0.25) is 5.02 Å². The van der Waals surface area contributed by atoms with Gasteiger partial charge in [-0.3, -0.25) is 19.3 Å². The summed E-state index contributed by atoms with van der Waals surface area (Å²) in [6, 6.07) is 20.8. The van der Waals surface area contributed by atoms with E-state index in [1.54, 1.807) is 48.5 Å². The molecule has 0 radical (unpaired) electrons. The Kier molecular flexibility index (Phi) is 6.86. The number of nitrogens with one attached hydrogen (secondary N) is 1. The van der Waals surface area contributed by atoms with Crippen molar-refractivity contribution in [3.8, 4) is 0 Å². The number of carbonyl (C=O) groups is 3. The second-order valence-electron chi connectivity index (χ2n) is 8.52. The molecular formula is C28H21ClFN3O3S. The lowest BCUT2D eigenvalue weighted by atomic mass is 10.1. The summed E-state index contributed by atoms with van der Waals surface area (Å²) in [4.78, 5) is 39.4. The highest BCUT2D eigenvalue weighted by Crippen LogP contribution is 2.36. The molecule has 37 heavy (non-hydrogen) atoms. The van der Waals surface area contributed by atoms with Gasteiger partial charge in [-0.25, -0.2) is 4.39 Å². The number of thioether (sulfide) groups is 1. The van der Waals surface area contributed by atoms with Gasteiger partial charge in [0.25, 0.3) is 11.1 Å². The molecule has 9 heteroatoms. The fraction of sp³-hybridized carbons (Fsp3) is 0.107. The third-order valence-electron chi connectivity index (χ3n) is 6.14. The summed E-state index contributed by atoms with van der Waals surface area (Å²) in [5, 5.41) is 3.55. The van der Waals surface area contributed by atoms with Crippen molar-refractivity contribution in [1.82, 2.24) is 9.47 Å². The number of benzene rings is 3. The number of hydrogen-bond acceptors (Lipinski definition) is 4. The number of amides is 3. The maximum atomic E-state index is 14.4. The molecule has 0 atom stereocenters. The zero-order valence-electron chi connectivity index (χ0n) is 19.7. The summed E-state index contributed by atoms with van der Waals surface area (Å²) in [5.74, 6) is -1.32. The predicted octanol–water partition coefficient (Wildman–Crippen LogP) is 6.47. The minimum Gasteiger partial charge on any atom is -0.340 e. The molecule has 3 amide bonds. The first-order valence-corrected chi connectivity index (χ1v) is 12.6. The molecule has 4 aromatic rings. The molecule has 1 N–H and O–H groups in total. The van der Waals surface area contributed by atoms with Gasteiger partial charge in [-0.1, -0.05) is 48.0 Å². The van der Waals surface area contributed by atoms with Crippen LogP contribution in [0.1, 0.15) is 16.8 Å². The normalized spacial score (nSPS) is 14.7. The van der Waals surface area contributed by atoms with Gasteiger partial charge in [-0.2, -0.15) is 0 Å². The van der Waals surface area contributed by atoms with Crippen molar-refractivity contribution in [2.24, 2.45) is 0 Å². The van der Waals surface area contributed by atoms with Crippen LogP contribution in [-0.2, 0) is 16.1 Å². The van der Waals surface area contributed by atoms with Gasteiger partial charge in [0.15, 0.2) is 0 Å². The average molecular weight is 534 g/mol. The molecule has 3 aromatic carbocycles. The molecule has 1 saturated heterocycles. The molecule has 0 unspecified atom stereocenters. The molecule has 6 nitrogen and oxygen atoms in total. The topological polar surface area (TPSA) is 71.4 Å². The van der Waals surface area contributed by atoms with E-state index in [0.717, 1.165) is 38.8 Å². The van der Waals surface area contributed by atoms with Crippen molar-refractivity contribution in [2.45, 2.75) is 13.5 Å². The molecule has 5 rings (SSSR count). The van der Waals surface area contributed by atoms with Crippen molar-refractivity contribution < 1.29 is 18.8 Å². The van der Waals surface area contributed by atoms with Gasteiger partial charge in [0.05, 0.1) is 11.4 Å². The summed E-state index contributed by atoms with van der Waals surface area (Å²) in [5.41, 5.74) is 3.54. The number of aromatic nitrogens is 1. The Labute approximate surface area is 221 Å². The number of fused-ring (bicyclic) bond motifs is 1. The number of hydrogen-bond donors (Lipinski definition) is 1. The summed E-state index contributed by atoms with van der Waals surface area (Å²) >= 11 is 6.66. The third-order valence-corrected chi connectivity index (χ3v) is 7.30. The van der Waals surface area contributed by atoms with Crippen LogP contribution in [0, 0.1) is 12.7 Å². The maximum absolute atomic E-state index is 14.4. The van der Waals surface area contributed by atoms with Gasteiger partial charge >= 0.3 is 0 Å². The lowest BCUT2D eigenvalue weighted by molar-refractivity contribution is -0.127. The minimum absolute atomic E-state index is 0.223. The molecule has 1 aliphatic heterocycles. The van der Waals surface area contributed by atoms with E-state index in [1.807, 2.05) is 35.8 Å². The Hall–Kier alpha value is -3.88. The van der Waals surface area contributed by atoms with Crippen LogP contribution in [0.4, 0.5) is 14.9 Å². The van der Waals surface area contributed by atoms with Crippen LogP contribution in [0.15, 0.2) is 77.7 Å². The maximum Gasteiger partial charge on any atom is 0.294 e. The first kappa shape index (κ1) is 24.8. The second-order valence-corrected chi connectivity index (χ2v) is 9.95. The van der Waals surface area contributed by atoms with Crippen LogP contribution >= 0.6 is 23.4 Å². The molecule has 1 aromatic heterocycles. The number of para-hydroxylation sites is 1. The van der Waals surface area contributed by atoms with Gasteiger partial charge in [0.2, 0.25) is 5.91 Å². The van der Waals surface area contributed by atoms with Gasteiger partial charge in [-0.15, -0.1) is 0 Å². The smallest absolute Gasteiger partial charge is 0.294 e. The lowest BCUT2D eigenvalue weighted by Gasteiger charge is -2.12. The zero-order valence-corrected chi connectivity index (χ0v) is 21.3. The quantitative estimate of drug-likeness (QED) is 0.288. The highest BCUT2D eigenvalue weighted by atomic mass is 35.5. The van der Waals surface area contributed by atoms with Gasteiger partial charge < -0.3 is 9.88 Å². The molecule has 1 fully saturated rings. The molecule has 0 spiro atoms. The van der Waals surface area contributed by atoms with Crippen molar-refractivity contribution in [3.05, 3.63) is 105 Å². The Bertz CT molecular complexity index is 1580. The monoisotopic (exact) mass is 533 g/mol. The highest BCUT2D eigenvalue weighted by Gasteiger charge is 2.36. The number of anilines is 1. The largest absolute Gasteiger partial charge is 0.340 e. The van der Waals surface area contributed by atoms with Crippen molar-refractivity contribution >= 4 is 63.1 Å². The molecule has 0 aliphatic carbocycles. The summed E-state index contributed by atoms with van der Waals surface area (Å²) < 4.78 is 16.4. The lowest BCUT2D eigenvalue weighted by Crippen LogP contribution is -2.36. The van der Waals surface area contributed by atoms with Crippen molar-refractivity contribution in [2.75, 3.05) is 11.9 Å². The van der Waals surface area contributed by atoms with Gasteiger partial charge in [-0.05, 0) is 61.2 Å². The zero-order chi connectivity index (χ0) is 26.1. The Balaban J connectivity index is 1.42. The van der Waals surface area contributed by atoms with Crippen LogP contribution < -0.4 is 5.32 Å². The number of imide groups is 1. The van der Waals surface area contributed by atoms with E-state index in [0.29, 0.717) is 22.8 Å². The Morgan fingerprint density at radius 1 is 1.03 bits per heavy atom. The minimum atomic E-state index is -0.536. The van der Waals surface area contributed by atoms with E-state index in [-0.39, 0.29) is 10.7 Å². The Morgan fingerprint density at radius 2 is 1.73 bits per heavy atom. The summed E-state index contributed by atoms with van der Waals surface area (Å²) in [6.45, 7) is 1.81. The fourth-order valence-corrected chi connectivity index (χ4v) is 5.23. The third kappa shape index (κ3) is 5.03. The average Bonchev–Trinajstić information content (AvgIpc) is 3.30. The molecular weight excluding hydrogens is 513 g/mol. The molecule has 2 heterocycles. The molecule has 0 saturated carbocycles. The molecule has 186 valence electrons. The van der Waals surface area contributed by atoms with E-state index < -0.39 is 23.6 Å². The summed E-state index contributed by atoms with van der Waals surface area (Å²) in [7, 11) is 0. The van der Waals surface area contributed by atoms with Crippen molar-refractivity contribution in [1.29, 1.82) is 0 Å². The van der Waals surface area contributed by atoms with E-state index in [1.165, 1.54) is 6.07 Å². The number of halogens is 2. The number of nitrogens with zero attached hydrogens (tertiary/aromatic N) is 2. The molecule has 1 aliphatic rings. The fourth-order valence-electron chi connectivity index (χ4n) is 4.29. The van der Waals surface area contributed by atoms with Crippen molar-refractivity contribution in [3.63, 3.8) is 0 Å². The standard InChI is InChI=1S/C28H21ClFN3O3S/c1-17-22(21-7-3-5-9-24(21)32(17)15-18-6-2-4-8-23(18)30)14-25-27(35)33(28(36)37-25)16-26(34)31-20-12-10-19(29)11-13-20/h2-14H,15-16H2,1H3,(H,31,34)/b25-14-. The second kappa shape index (κ2) is 10.2. The van der Waals surface area contributed by atoms with E-state index >= 15 is 0 Å². The van der Waals surface area contributed by atoms with E-state index in [4.69, 9.17) is 11.6 Å². The van der Waals surface area contributed by atoms with Crippen LogP contribution in [0.5, 0.6) is 0 Å². The molecule has 0 bridgehead atoms. The van der Waals surface area contributed by atoms with Gasteiger partial charge in [0, 0.05) is 38.4 Å². The number of carbonyl (C=O) groups excluding carboxylic acids is 3. The predicted molar refractivity (Wildman–Crippen MR) is 145 cm³/mol. The van der Waals surface area contributed by atoms with Gasteiger partial charge in [0.1, 0.15) is 12.4 Å². The van der Waals surface area contributed by atoms with Crippen LogP contribution in [-0.4, -0.2) is 33.1 Å². The highest BCUT2D eigenvalue weighted by molar-refractivity contribution is 8.18. The first-order valence-electron chi connectivity index (χ1n) is 11.4.